The van der Waals surface area contributed by atoms with Gasteiger partial charge in [-0.15, -0.1) is 11.3 Å². The van der Waals surface area contributed by atoms with E-state index < -0.39 is 0 Å². The first-order valence-electron chi connectivity index (χ1n) is 6.45. The van der Waals surface area contributed by atoms with Crippen molar-refractivity contribution < 1.29 is 9.53 Å². The molecule has 20 heavy (non-hydrogen) atoms. The molecule has 4 nitrogen and oxygen atoms in total. The van der Waals surface area contributed by atoms with Crippen LogP contribution in [0.2, 0.25) is 0 Å². The first-order chi connectivity index (χ1) is 9.58. The standard InChI is InChI=1S/C15H18N2O2S/c1-10(7-14(16)18)8-15-17-13(9-20-15)11-3-5-12(19-2)6-4-11/h3-6,9-10H,7-8H2,1-2H3,(H2,16,18)/t10-/m1/s1. The van der Waals surface area contributed by atoms with Gasteiger partial charge in [-0.25, -0.2) is 4.98 Å². The molecule has 1 aromatic carbocycles. The van der Waals surface area contributed by atoms with Crippen LogP contribution < -0.4 is 10.5 Å². The second-order valence-electron chi connectivity index (χ2n) is 4.83. The van der Waals surface area contributed by atoms with E-state index in [0.29, 0.717) is 6.42 Å². The van der Waals surface area contributed by atoms with Gasteiger partial charge in [0.15, 0.2) is 0 Å². The van der Waals surface area contributed by atoms with Gasteiger partial charge in [0.1, 0.15) is 5.75 Å². The second-order valence-corrected chi connectivity index (χ2v) is 5.78. The predicted octanol–water partition coefficient (Wildman–Crippen LogP) is 2.87. The molecule has 0 unspecified atom stereocenters. The predicted molar refractivity (Wildman–Crippen MR) is 80.8 cm³/mol. The topological polar surface area (TPSA) is 65.2 Å². The summed E-state index contributed by atoms with van der Waals surface area (Å²) in [5, 5.41) is 3.07. The summed E-state index contributed by atoms with van der Waals surface area (Å²) in [6.07, 6.45) is 1.18. The fraction of sp³-hybridized carbons (Fsp3) is 0.333. The van der Waals surface area contributed by atoms with Crippen LogP contribution in [0.25, 0.3) is 11.3 Å². The van der Waals surface area contributed by atoms with Gasteiger partial charge in [0.25, 0.3) is 0 Å². The Morgan fingerprint density at radius 3 is 2.70 bits per heavy atom. The average molecular weight is 290 g/mol. The number of carbonyl (C=O) groups excluding carboxylic acids is 1. The van der Waals surface area contributed by atoms with Gasteiger partial charge in [0.2, 0.25) is 5.91 Å². The Morgan fingerprint density at radius 2 is 2.10 bits per heavy atom. The number of amides is 1. The molecule has 1 amide bonds. The maximum absolute atomic E-state index is 10.9. The molecule has 2 aromatic rings. The van der Waals surface area contributed by atoms with Crippen molar-refractivity contribution in [3.8, 4) is 17.0 Å². The van der Waals surface area contributed by atoms with Gasteiger partial charge in [-0.3, -0.25) is 4.79 Å². The van der Waals surface area contributed by atoms with Crippen LogP contribution in [0.5, 0.6) is 5.75 Å². The summed E-state index contributed by atoms with van der Waals surface area (Å²) >= 11 is 1.62. The van der Waals surface area contributed by atoms with Crippen molar-refractivity contribution in [2.45, 2.75) is 19.8 Å². The van der Waals surface area contributed by atoms with Gasteiger partial charge in [0.05, 0.1) is 17.8 Å². The number of methoxy groups -OCH3 is 1. The summed E-state index contributed by atoms with van der Waals surface area (Å²) in [6.45, 7) is 2.01. The van der Waals surface area contributed by atoms with E-state index in [1.165, 1.54) is 0 Å². The van der Waals surface area contributed by atoms with Gasteiger partial charge < -0.3 is 10.5 Å². The van der Waals surface area contributed by atoms with Crippen LogP contribution in [0, 0.1) is 5.92 Å². The smallest absolute Gasteiger partial charge is 0.217 e. The van der Waals surface area contributed by atoms with E-state index in [4.69, 9.17) is 10.5 Å². The normalized spacial score (nSPS) is 12.1. The minimum atomic E-state index is -0.260. The summed E-state index contributed by atoms with van der Waals surface area (Å²) in [7, 11) is 1.65. The first kappa shape index (κ1) is 14.5. The number of ether oxygens (including phenoxy) is 1. The lowest BCUT2D eigenvalue weighted by Gasteiger charge is -2.05. The molecule has 1 atom stereocenters. The number of carbonyl (C=O) groups is 1. The average Bonchev–Trinajstić information content (AvgIpc) is 2.86. The highest BCUT2D eigenvalue weighted by Gasteiger charge is 2.11. The number of rotatable bonds is 6. The van der Waals surface area contributed by atoms with Crippen LogP contribution in [0.1, 0.15) is 18.4 Å². The Bertz CT molecular complexity index is 578. The molecule has 0 spiro atoms. The largest absolute Gasteiger partial charge is 0.497 e. The number of nitrogens with two attached hydrogens (primary N) is 1. The van der Waals surface area contributed by atoms with Gasteiger partial charge in [-0.2, -0.15) is 0 Å². The number of benzene rings is 1. The summed E-state index contributed by atoms with van der Waals surface area (Å²) in [5.74, 6) is 0.797. The third-order valence-electron chi connectivity index (χ3n) is 3.01. The molecular weight excluding hydrogens is 272 g/mol. The molecule has 1 heterocycles. The molecule has 0 aliphatic rings. The first-order valence-corrected chi connectivity index (χ1v) is 7.33. The van der Waals surface area contributed by atoms with Gasteiger partial charge in [-0.1, -0.05) is 6.92 Å². The molecule has 106 valence electrons. The van der Waals surface area contributed by atoms with E-state index in [9.17, 15) is 4.79 Å². The molecule has 0 aliphatic heterocycles. The van der Waals surface area contributed by atoms with E-state index in [1.807, 2.05) is 36.6 Å². The summed E-state index contributed by atoms with van der Waals surface area (Å²) in [5.41, 5.74) is 7.23. The molecule has 2 rings (SSSR count). The molecule has 5 heteroatoms. The SMILES string of the molecule is COc1ccc(-c2csc(C[C@H](C)CC(N)=O)n2)cc1. The van der Waals surface area contributed by atoms with Crippen LogP contribution in [0.15, 0.2) is 29.6 Å². The zero-order chi connectivity index (χ0) is 14.5. The lowest BCUT2D eigenvalue weighted by Crippen LogP contribution is -2.15. The van der Waals surface area contributed by atoms with Crippen LogP contribution >= 0.6 is 11.3 Å². The van der Waals surface area contributed by atoms with Crippen LogP contribution in [0.3, 0.4) is 0 Å². The third kappa shape index (κ3) is 3.81. The summed E-state index contributed by atoms with van der Waals surface area (Å²) in [6, 6.07) is 7.82. The van der Waals surface area contributed by atoms with E-state index in [-0.39, 0.29) is 11.8 Å². The van der Waals surface area contributed by atoms with Gasteiger partial charge in [0, 0.05) is 23.8 Å². The Kier molecular flexibility index (Phi) is 4.74. The summed E-state index contributed by atoms with van der Waals surface area (Å²) < 4.78 is 5.14. The lowest BCUT2D eigenvalue weighted by atomic mass is 10.0. The highest BCUT2D eigenvalue weighted by atomic mass is 32.1. The Labute approximate surface area is 122 Å². The number of primary amides is 1. The van der Waals surface area contributed by atoms with Crippen molar-refractivity contribution in [2.75, 3.05) is 7.11 Å². The van der Waals surface area contributed by atoms with Crippen molar-refractivity contribution in [3.05, 3.63) is 34.7 Å². The Morgan fingerprint density at radius 1 is 1.40 bits per heavy atom. The maximum atomic E-state index is 10.9. The highest BCUT2D eigenvalue weighted by Crippen LogP contribution is 2.25. The van der Waals surface area contributed by atoms with Gasteiger partial charge >= 0.3 is 0 Å². The molecule has 0 radical (unpaired) electrons. The van der Waals surface area contributed by atoms with E-state index >= 15 is 0 Å². The van der Waals surface area contributed by atoms with Crippen molar-refractivity contribution in [3.63, 3.8) is 0 Å². The highest BCUT2D eigenvalue weighted by molar-refractivity contribution is 7.09. The van der Waals surface area contributed by atoms with Crippen LogP contribution in [0.4, 0.5) is 0 Å². The fourth-order valence-corrected chi connectivity index (χ4v) is 2.98. The molecule has 0 bridgehead atoms. The molecule has 0 saturated carbocycles. The third-order valence-corrected chi connectivity index (χ3v) is 3.88. The van der Waals surface area contributed by atoms with E-state index in [2.05, 4.69) is 4.98 Å². The fourth-order valence-electron chi connectivity index (χ4n) is 2.01. The summed E-state index contributed by atoms with van der Waals surface area (Å²) in [4.78, 5) is 15.5. The van der Waals surface area contributed by atoms with Crippen molar-refractivity contribution >= 4 is 17.2 Å². The van der Waals surface area contributed by atoms with Crippen molar-refractivity contribution in [2.24, 2.45) is 11.7 Å². The van der Waals surface area contributed by atoms with Crippen LogP contribution in [-0.2, 0) is 11.2 Å². The zero-order valence-corrected chi connectivity index (χ0v) is 12.4. The van der Waals surface area contributed by atoms with Crippen molar-refractivity contribution in [1.82, 2.24) is 4.98 Å². The minimum Gasteiger partial charge on any atom is -0.497 e. The van der Waals surface area contributed by atoms with E-state index in [0.717, 1.165) is 28.4 Å². The Hall–Kier alpha value is -1.88. The number of thiazole rings is 1. The molecule has 0 aliphatic carbocycles. The number of nitrogens with zero attached hydrogens (tertiary/aromatic N) is 1. The molecule has 2 N–H and O–H groups in total. The quantitative estimate of drug-likeness (QED) is 0.889. The Balaban J connectivity index is 2.06. The number of hydrogen-bond acceptors (Lipinski definition) is 4. The van der Waals surface area contributed by atoms with Crippen LogP contribution in [-0.4, -0.2) is 18.0 Å². The lowest BCUT2D eigenvalue weighted by molar-refractivity contribution is -0.118. The monoisotopic (exact) mass is 290 g/mol. The van der Waals surface area contributed by atoms with E-state index in [1.54, 1.807) is 18.4 Å². The van der Waals surface area contributed by atoms with Crippen molar-refractivity contribution in [1.29, 1.82) is 0 Å². The molecule has 0 fully saturated rings. The maximum Gasteiger partial charge on any atom is 0.217 e. The second kappa shape index (κ2) is 6.52. The van der Waals surface area contributed by atoms with Gasteiger partial charge in [-0.05, 0) is 30.2 Å². The number of aromatic nitrogens is 1. The minimum absolute atomic E-state index is 0.224. The number of hydrogen-bond donors (Lipinski definition) is 1. The molecular formula is C15H18N2O2S. The zero-order valence-electron chi connectivity index (χ0n) is 11.6. The molecule has 1 aromatic heterocycles. The molecule has 0 saturated heterocycles.